The second-order valence-corrected chi connectivity index (χ2v) is 12.7. The lowest BCUT2D eigenvalue weighted by Crippen LogP contribution is -2.61. The molecule has 0 amide bonds. The SMILES string of the molecule is C[C@]12CC[C@@H]3c4ccc(OC(N)CCCCCN)cc4CC[C@H]3[C@@H]1C[C@@H](OC1O[C@H](C(=O)O)[C@@H](O)[C@H](O)[C@H]1O)[C@@H]2O. The zero-order chi connectivity index (χ0) is 29.5. The molecule has 0 aromatic heterocycles. The molecule has 1 aromatic rings. The van der Waals surface area contributed by atoms with Crippen LogP contribution in [0.2, 0.25) is 0 Å². The summed E-state index contributed by atoms with van der Waals surface area (Å²) >= 11 is 0. The number of unbranched alkanes of at least 4 members (excludes halogenated alkanes) is 2. The van der Waals surface area contributed by atoms with E-state index in [1.807, 2.05) is 6.07 Å². The molecule has 11 heteroatoms. The number of carboxylic acid groups (broad SMARTS) is 1. The van der Waals surface area contributed by atoms with Crippen molar-refractivity contribution in [1.82, 2.24) is 0 Å². The van der Waals surface area contributed by atoms with Crippen LogP contribution in [0.4, 0.5) is 0 Å². The van der Waals surface area contributed by atoms with Gasteiger partial charge in [0.1, 0.15) is 30.3 Å². The average molecular weight is 579 g/mol. The molecule has 2 saturated carbocycles. The minimum Gasteiger partial charge on any atom is -0.479 e. The van der Waals surface area contributed by atoms with Crippen molar-refractivity contribution in [1.29, 1.82) is 0 Å². The van der Waals surface area contributed by atoms with Gasteiger partial charge in [0.15, 0.2) is 12.4 Å². The van der Waals surface area contributed by atoms with Crippen LogP contribution in [0.1, 0.15) is 75.3 Å². The Morgan fingerprint density at radius 1 is 1.12 bits per heavy atom. The van der Waals surface area contributed by atoms with Gasteiger partial charge in [-0.25, -0.2) is 4.79 Å². The molecule has 1 aromatic carbocycles. The Kier molecular flexibility index (Phi) is 9.27. The zero-order valence-electron chi connectivity index (χ0n) is 23.7. The molecule has 1 aliphatic heterocycles. The molecule has 9 N–H and O–H groups in total. The molecule has 3 aliphatic carbocycles. The van der Waals surface area contributed by atoms with Gasteiger partial charge in [-0.15, -0.1) is 0 Å². The number of rotatable bonds is 10. The van der Waals surface area contributed by atoms with Crippen LogP contribution in [0, 0.1) is 17.3 Å². The number of aliphatic hydroxyl groups excluding tert-OH is 4. The molecule has 0 spiro atoms. The summed E-state index contributed by atoms with van der Waals surface area (Å²) in [4.78, 5) is 11.5. The van der Waals surface area contributed by atoms with Crippen LogP contribution in [-0.4, -0.2) is 87.2 Å². The summed E-state index contributed by atoms with van der Waals surface area (Å²) in [5, 5.41) is 51.5. The van der Waals surface area contributed by atoms with Crippen molar-refractivity contribution in [3.8, 4) is 5.75 Å². The maximum Gasteiger partial charge on any atom is 0.335 e. The summed E-state index contributed by atoms with van der Waals surface area (Å²) < 4.78 is 17.4. The van der Waals surface area contributed by atoms with Crippen molar-refractivity contribution < 1.29 is 44.5 Å². The first kappa shape index (κ1) is 30.6. The first-order valence-corrected chi connectivity index (χ1v) is 15.1. The first-order valence-electron chi connectivity index (χ1n) is 15.1. The predicted octanol–water partition coefficient (Wildman–Crippen LogP) is 0.974. The largest absolute Gasteiger partial charge is 0.479 e. The topological polar surface area (TPSA) is 198 Å². The van der Waals surface area contributed by atoms with E-state index in [1.54, 1.807) is 0 Å². The van der Waals surface area contributed by atoms with Gasteiger partial charge in [0.25, 0.3) is 0 Å². The molecule has 11 nitrogen and oxygen atoms in total. The Labute approximate surface area is 240 Å². The van der Waals surface area contributed by atoms with Crippen molar-refractivity contribution in [2.45, 2.75) is 120 Å². The number of aliphatic hydroxyl groups is 4. The van der Waals surface area contributed by atoms with Crippen LogP contribution < -0.4 is 16.2 Å². The fraction of sp³-hybridized carbons (Fsp3) is 0.767. The molecular formula is C30H46N2O9. The van der Waals surface area contributed by atoms with Crippen LogP contribution >= 0.6 is 0 Å². The minimum absolute atomic E-state index is 0.152. The van der Waals surface area contributed by atoms with Gasteiger partial charge >= 0.3 is 5.97 Å². The van der Waals surface area contributed by atoms with Gasteiger partial charge in [-0.3, -0.25) is 5.73 Å². The third-order valence-electron chi connectivity index (χ3n) is 10.3. The number of carboxylic acids is 1. The Morgan fingerprint density at radius 2 is 1.90 bits per heavy atom. The molecule has 2 unspecified atom stereocenters. The van der Waals surface area contributed by atoms with Gasteiger partial charge in [-0.2, -0.15) is 0 Å². The maximum atomic E-state index is 11.5. The molecule has 41 heavy (non-hydrogen) atoms. The molecular weight excluding hydrogens is 532 g/mol. The first-order chi connectivity index (χ1) is 19.5. The predicted molar refractivity (Wildman–Crippen MR) is 148 cm³/mol. The van der Waals surface area contributed by atoms with E-state index in [0.29, 0.717) is 24.8 Å². The normalized spacial score (nSPS) is 40.8. The van der Waals surface area contributed by atoms with E-state index in [4.69, 9.17) is 25.7 Å². The molecule has 1 heterocycles. The molecule has 5 rings (SSSR count). The van der Waals surface area contributed by atoms with Crippen LogP contribution in [-0.2, 0) is 20.7 Å². The quantitative estimate of drug-likeness (QED) is 0.154. The number of carbonyl (C=O) groups is 1. The van der Waals surface area contributed by atoms with Crippen molar-refractivity contribution in [2.24, 2.45) is 28.7 Å². The fourth-order valence-electron chi connectivity index (χ4n) is 7.96. The van der Waals surface area contributed by atoms with Gasteiger partial charge in [-0.1, -0.05) is 19.4 Å². The smallest absolute Gasteiger partial charge is 0.335 e. The maximum absolute atomic E-state index is 11.5. The third-order valence-corrected chi connectivity index (χ3v) is 10.3. The minimum atomic E-state index is -1.79. The van der Waals surface area contributed by atoms with Gasteiger partial charge in [0.2, 0.25) is 0 Å². The van der Waals surface area contributed by atoms with Gasteiger partial charge in [0, 0.05) is 0 Å². The summed E-state index contributed by atoms with van der Waals surface area (Å²) in [6.45, 7) is 2.77. The Hall–Kier alpha value is -1.83. The summed E-state index contributed by atoms with van der Waals surface area (Å²) in [6.07, 6.45) is -2.41. The van der Waals surface area contributed by atoms with Gasteiger partial charge in [-0.05, 0) is 104 Å². The second kappa shape index (κ2) is 12.4. The highest BCUT2D eigenvalue weighted by Gasteiger charge is 2.59. The van der Waals surface area contributed by atoms with Crippen molar-refractivity contribution in [3.05, 3.63) is 29.3 Å². The van der Waals surface area contributed by atoms with Crippen LogP contribution in [0.5, 0.6) is 5.75 Å². The molecule has 0 radical (unpaired) electrons. The number of aryl methyl sites for hydroxylation is 1. The number of ether oxygens (including phenoxy) is 3. The highest BCUT2D eigenvalue weighted by Crippen LogP contribution is 2.61. The summed E-state index contributed by atoms with van der Waals surface area (Å²) in [6, 6.07) is 6.29. The van der Waals surface area contributed by atoms with Gasteiger partial charge in [0.05, 0.1) is 12.2 Å². The fourth-order valence-corrected chi connectivity index (χ4v) is 7.96. The molecule has 0 bridgehead atoms. The lowest BCUT2D eigenvalue weighted by molar-refractivity contribution is -0.309. The van der Waals surface area contributed by atoms with E-state index in [9.17, 15) is 30.3 Å². The third kappa shape index (κ3) is 5.88. The molecule has 3 fully saturated rings. The van der Waals surface area contributed by atoms with E-state index in [-0.39, 0.29) is 12.1 Å². The van der Waals surface area contributed by atoms with Crippen LogP contribution in [0.3, 0.4) is 0 Å². The van der Waals surface area contributed by atoms with Crippen LogP contribution in [0.25, 0.3) is 0 Å². The van der Waals surface area contributed by atoms with Crippen molar-refractivity contribution in [3.63, 3.8) is 0 Å². The standard InChI is InChI=1S/C30H46N2O9/c1-30-11-10-18-17-9-7-16(39-22(32)5-3-2-4-12-31)13-15(17)6-8-19(18)20(30)14-21(27(30)36)40-29-25(35)23(33)24(34)26(41-29)28(37)38/h7,9,13,18-27,29,33-36H,2-6,8,10-12,14,31-32H2,1H3,(H,37,38)/t18-,19-,20+,21-,22?,23+,24+,25-,26+,27+,29?,30+/m1/s1. The number of hydrogen-bond acceptors (Lipinski definition) is 10. The number of hydrogen-bond donors (Lipinski definition) is 7. The summed E-state index contributed by atoms with van der Waals surface area (Å²) in [5.74, 6) is 0.145. The molecule has 1 saturated heterocycles. The highest BCUT2D eigenvalue weighted by molar-refractivity contribution is 5.73. The highest BCUT2D eigenvalue weighted by atomic mass is 16.7. The van der Waals surface area contributed by atoms with E-state index in [2.05, 4.69) is 19.1 Å². The van der Waals surface area contributed by atoms with E-state index >= 15 is 0 Å². The lowest BCUT2D eigenvalue weighted by Gasteiger charge is -2.50. The number of aliphatic carboxylic acids is 1. The average Bonchev–Trinajstić information content (AvgIpc) is 3.20. The van der Waals surface area contributed by atoms with Crippen LogP contribution in [0.15, 0.2) is 18.2 Å². The number of benzene rings is 1. The Balaban J connectivity index is 1.25. The van der Waals surface area contributed by atoms with Crippen molar-refractivity contribution >= 4 is 5.97 Å². The van der Waals surface area contributed by atoms with E-state index in [0.717, 1.165) is 57.1 Å². The van der Waals surface area contributed by atoms with Crippen molar-refractivity contribution in [2.75, 3.05) is 6.54 Å². The number of fused-ring (bicyclic) bond motifs is 5. The van der Waals surface area contributed by atoms with E-state index in [1.165, 1.54) is 11.1 Å². The Morgan fingerprint density at radius 3 is 2.63 bits per heavy atom. The monoisotopic (exact) mass is 578 g/mol. The molecule has 4 aliphatic rings. The molecule has 12 atom stereocenters. The Bertz CT molecular complexity index is 1070. The second-order valence-electron chi connectivity index (χ2n) is 12.7. The van der Waals surface area contributed by atoms with E-state index < -0.39 is 54.3 Å². The molecule has 230 valence electrons. The summed E-state index contributed by atoms with van der Waals surface area (Å²) in [5.41, 5.74) is 14.0. The zero-order valence-corrected chi connectivity index (χ0v) is 23.7. The number of nitrogens with two attached hydrogens (primary N) is 2. The van der Waals surface area contributed by atoms with Gasteiger partial charge < -0.3 is 45.5 Å². The lowest BCUT2D eigenvalue weighted by atomic mass is 9.55. The summed E-state index contributed by atoms with van der Waals surface area (Å²) in [7, 11) is 0.